The van der Waals surface area contributed by atoms with E-state index in [0.29, 0.717) is 54.6 Å². The third kappa shape index (κ3) is 4.58. The zero-order valence-corrected chi connectivity index (χ0v) is 17.8. The highest BCUT2D eigenvalue weighted by Gasteiger charge is 2.33. The average Bonchev–Trinajstić information content (AvgIpc) is 3.11. The summed E-state index contributed by atoms with van der Waals surface area (Å²) in [5.74, 6) is 0.942. The van der Waals surface area contributed by atoms with E-state index in [1.807, 2.05) is 25.1 Å². The molecule has 31 heavy (non-hydrogen) atoms. The van der Waals surface area contributed by atoms with Crippen LogP contribution in [-0.4, -0.2) is 47.8 Å². The second-order valence-corrected chi connectivity index (χ2v) is 8.42. The minimum absolute atomic E-state index is 0.112. The zero-order chi connectivity index (χ0) is 22.0. The molecule has 1 atom stereocenters. The van der Waals surface area contributed by atoms with Crippen LogP contribution in [0.1, 0.15) is 28.8 Å². The highest BCUT2D eigenvalue weighted by Crippen LogP contribution is 2.32. The quantitative estimate of drug-likeness (QED) is 0.464. The number of aromatic nitrogens is 1. The number of anilines is 3. The van der Waals surface area contributed by atoms with Crippen LogP contribution in [0.5, 0.6) is 0 Å². The lowest BCUT2D eigenvalue weighted by Crippen LogP contribution is -2.28. The first-order chi connectivity index (χ1) is 14.9. The van der Waals surface area contributed by atoms with E-state index < -0.39 is 6.09 Å². The monoisotopic (exact) mass is 441 g/mol. The number of benzene rings is 1. The molecule has 4 N–H and O–H groups in total. The molecule has 0 spiro atoms. The van der Waals surface area contributed by atoms with Crippen LogP contribution in [0.25, 0.3) is 0 Å². The number of carbonyl (C=O) groups is 3. The highest BCUT2D eigenvalue weighted by molar-refractivity contribution is 8.00. The molecule has 162 valence electrons. The number of nitrogen functional groups attached to an aromatic ring is 1. The first-order valence-electron chi connectivity index (χ1n) is 9.97. The number of aryl methyl sites for hydroxylation is 1. The molecular formula is C21H23N5O4S. The molecule has 2 aliphatic rings. The fraction of sp³-hybridized carbons (Fsp3) is 0.333. The number of nitrogens with one attached hydrogen (secondary N) is 2. The molecule has 0 saturated carbocycles. The van der Waals surface area contributed by atoms with Crippen molar-refractivity contribution in [3.05, 3.63) is 41.5 Å². The molecule has 0 bridgehead atoms. The Bertz CT molecular complexity index is 1020. The van der Waals surface area contributed by atoms with Gasteiger partial charge in [-0.05, 0) is 43.5 Å². The van der Waals surface area contributed by atoms with Crippen molar-refractivity contribution in [2.45, 2.75) is 30.8 Å². The van der Waals surface area contributed by atoms with Gasteiger partial charge in [-0.1, -0.05) is 12.1 Å². The summed E-state index contributed by atoms with van der Waals surface area (Å²) in [7, 11) is 0. The van der Waals surface area contributed by atoms with Crippen molar-refractivity contribution in [1.29, 1.82) is 0 Å². The molecule has 1 saturated heterocycles. The molecule has 2 aromatic rings. The van der Waals surface area contributed by atoms with Gasteiger partial charge in [0.15, 0.2) is 0 Å². The summed E-state index contributed by atoms with van der Waals surface area (Å²) in [6, 6.07) is 8.95. The van der Waals surface area contributed by atoms with E-state index in [-0.39, 0.29) is 17.9 Å². The van der Waals surface area contributed by atoms with Crippen LogP contribution in [0.4, 0.5) is 22.1 Å². The lowest BCUT2D eigenvalue weighted by atomic mass is 10.1. The van der Waals surface area contributed by atoms with Crippen molar-refractivity contribution >= 4 is 47.0 Å². The summed E-state index contributed by atoms with van der Waals surface area (Å²) in [5.41, 5.74) is 7.67. The first kappa shape index (κ1) is 21.0. The van der Waals surface area contributed by atoms with Crippen molar-refractivity contribution in [1.82, 2.24) is 10.3 Å². The maximum Gasteiger partial charge on any atom is 0.415 e. The molecule has 1 fully saturated rings. The number of cyclic esters (lactones) is 1. The van der Waals surface area contributed by atoms with Gasteiger partial charge >= 0.3 is 6.09 Å². The number of hydrogen-bond acceptors (Lipinski definition) is 7. The number of ether oxygens (including phenoxy) is 1. The Morgan fingerprint density at radius 3 is 3.00 bits per heavy atom. The van der Waals surface area contributed by atoms with Crippen LogP contribution in [0.15, 0.2) is 35.2 Å². The lowest BCUT2D eigenvalue weighted by molar-refractivity contribution is -0.113. The van der Waals surface area contributed by atoms with Gasteiger partial charge in [-0.2, -0.15) is 0 Å². The van der Waals surface area contributed by atoms with Gasteiger partial charge in [0.1, 0.15) is 17.7 Å². The largest absolute Gasteiger partial charge is 0.444 e. The number of amides is 3. The molecule has 3 amide bonds. The van der Waals surface area contributed by atoms with Crippen molar-refractivity contribution in [2.75, 3.05) is 34.8 Å². The van der Waals surface area contributed by atoms with Crippen molar-refractivity contribution in [2.24, 2.45) is 0 Å². The number of pyridine rings is 1. The Labute approximate surface area is 183 Å². The second kappa shape index (κ2) is 8.84. The van der Waals surface area contributed by atoms with Crippen molar-refractivity contribution in [3.8, 4) is 0 Å². The van der Waals surface area contributed by atoms with Gasteiger partial charge in [0.25, 0.3) is 5.91 Å². The molecular weight excluding hydrogens is 418 g/mol. The number of rotatable bonds is 6. The standard InChI is InChI=1S/C21H23N5O4S/c1-12-4-2-6-14(22)18(12)20(28)23-9-3-5-13-10-26(21(29)30-13)16-8-7-15-19(24-16)25-17(27)11-31-15/h2,4,6-8,13H,3,5,9-11,22H2,1H3,(H,23,28)(H,24,25,27). The van der Waals surface area contributed by atoms with Crippen LogP contribution >= 0.6 is 11.8 Å². The van der Waals surface area contributed by atoms with E-state index >= 15 is 0 Å². The fourth-order valence-corrected chi connectivity index (χ4v) is 4.34. The second-order valence-electron chi connectivity index (χ2n) is 7.41. The van der Waals surface area contributed by atoms with Gasteiger partial charge in [0, 0.05) is 12.2 Å². The van der Waals surface area contributed by atoms with Gasteiger partial charge in [0.05, 0.1) is 22.8 Å². The molecule has 2 aliphatic heterocycles. The topological polar surface area (TPSA) is 127 Å². The summed E-state index contributed by atoms with van der Waals surface area (Å²) >= 11 is 1.41. The van der Waals surface area contributed by atoms with E-state index in [1.165, 1.54) is 16.7 Å². The summed E-state index contributed by atoms with van der Waals surface area (Å²) in [6.45, 7) is 2.65. The number of nitrogens with two attached hydrogens (primary N) is 1. The van der Waals surface area contributed by atoms with E-state index in [9.17, 15) is 14.4 Å². The van der Waals surface area contributed by atoms with E-state index in [2.05, 4.69) is 15.6 Å². The predicted octanol–water partition coefficient (Wildman–Crippen LogP) is 2.55. The Kier molecular flexibility index (Phi) is 5.99. The number of nitrogens with zero attached hydrogens (tertiary/aromatic N) is 2. The summed E-state index contributed by atoms with van der Waals surface area (Å²) in [5, 5.41) is 5.59. The van der Waals surface area contributed by atoms with Crippen LogP contribution in [-0.2, 0) is 9.53 Å². The first-order valence-corrected chi connectivity index (χ1v) is 11.0. The normalized spacial score (nSPS) is 17.7. The number of hydrogen-bond donors (Lipinski definition) is 3. The number of thioether (sulfide) groups is 1. The van der Waals surface area contributed by atoms with Crippen molar-refractivity contribution in [3.63, 3.8) is 0 Å². The molecule has 1 aromatic carbocycles. The average molecular weight is 442 g/mol. The van der Waals surface area contributed by atoms with Crippen molar-refractivity contribution < 1.29 is 19.1 Å². The predicted molar refractivity (Wildman–Crippen MR) is 118 cm³/mol. The summed E-state index contributed by atoms with van der Waals surface area (Å²) in [6.07, 6.45) is 0.482. The third-order valence-corrected chi connectivity index (χ3v) is 6.18. The van der Waals surface area contributed by atoms with Gasteiger partial charge in [0.2, 0.25) is 5.91 Å². The molecule has 0 radical (unpaired) electrons. The van der Waals surface area contributed by atoms with E-state index in [1.54, 1.807) is 12.1 Å². The van der Waals surface area contributed by atoms with Gasteiger partial charge < -0.3 is 21.1 Å². The van der Waals surface area contributed by atoms with Gasteiger partial charge in [-0.25, -0.2) is 9.78 Å². The molecule has 1 unspecified atom stereocenters. The van der Waals surface area contributed by atoms with Crippen LogP contribution in [0, 0.1) is 6.92 Å². The number of fused-ring (bicyclic) bond motifs is 1. The summed E-state index contributed by atoms with van der Waals surface area (Å²) < 4.78 is 5.45. The maximum absolute atomic E-state index is 12.4. The Hall–Kier alpha value is -3.27. The Morgan fingerprint density at radius 1 is 1.35 bits per heavy atom. The van der Waals surface area contributed by atoms with Crippen LogP contribution in [0.2, 0.25) is 0 Å². The third-order valence-electron chi connectivity index (χ3n) is 5.13. The molecule has 4 rings (SSSR count). The Morgan fingerprint density at radius 2 is 2.19 bits per heavy atom. The minimum atomic E-state index is -0.469. The smallest absolute Gasteiger partial charge is 0.415 e. The number of carbonyl (C=O) groups excluding carboxylic acids is 3. The van der Waals surface area contributed by atoms with E-state index in [0.717, 1.165) is 10.5 Å². The van der Waals surface area contributed by atoms with Gasteiger partial charge in [-0.15, -0.1) is 11.8 Å². The van der Waals surface area contributed by atoms with Crippen LogP contribution in [0.3, 0.4) is 0 Å². The van der Waals surface area contributed by atoms with E-state index in [4.69, 9.17) is 10.5 Å². The SMILES string of the molecule is Cc1cccc(N)c1C(=O)NCCCC1CN(c2ccc3c(n2)NC(=O)CS3)C(=O)O1. The zero-order valence-electron chi connectivity index (χ0n) is 17.0. The molecule has 9 nitrogen and oxygen atoms in total. The summed E-state index contributed by atoms with van der Waals surface area (Å²) in [4.78, 5) is 43.0. The fourth-order valence-electron chi connectivity index (χ4n) is 3.58. The molecule has 10 heteroatoms. The molecule has 3 heterocycles. The Balaban J connectivity index is 1.29. The minimum Gasteiger partial charge on any atom is -0.444 e. The highest BCUT2D eigenvalue weighted by atomic mass is 32.2. The van der Waals surface area contributed by atoms with Gasteiger partial charge in [-0.3, -0.25) is 14.5 Å². The molecule has 1 aromatic heterocycles. The molecule has 0 aliphatic carbocycles. The maximum atomic E-state index is 12.4. The lowest BCUT2D eigenvalue weighted by Gasteiger charge is -2.18. The van der Waals surface area contributed by atoms with Crippen LogP contribution < -0.4 is 21.3 Å².